The van der Waals surface area contributed by atoms with Crippen molar-refractivity contribution in [1.29, 1.82) is 0 Å². The molecule has 1 heterocycles. The molecule has 0 saturated heterocycles. The summed E-state index contributed by atoms with van der Waals surface area (Å²) in [7, 11) is 0. The van der Waals surface area contributed by atoms with Gasteiger partial charge >= 0.3 is 0 Å². The summed E-state index contributed by atoms with van der Waals surface area (Å²) in [4.78, 5) is 0. The van der Waals surface area contributed by atoms with Gasteiger partial charge in [0.05, 0.1) is 11.4 Å². The van der Waals surface area contributed by atoms with E-state index in [2.05, 4.69) is 21.0 Å². The Balaban J connectivity index is 1.81. The Bertz CT molecular complexity index is 781. The predicted molar refractivity (Wildman–Crippen MR) is 85.6 cm³/mol. The van der Waals surface area contributed by atoms with Crippen LogP contribution >= 0.6 is 0 Å². The third-order valence-electron chi connectivity index (χ3n) is 3.38. The molecule has 112 valence electrons. The fraction of sp³-hybridized carbons (Fsp3) is 0.0625. The molecule has 1 aromatic heterocycles. The predicted octanol–water partition coefficient (Wildman–Crippen LogP) is 3.64. The summed E-state index contributed by atoms with van der Waals surface area (Å²) < 4.78 is 0. The summed E-state index contributed by atoms with van der Waals surface area (Å²) in [5.41, 5.74) is 6.36. The highest BCUT2D eigenvalue weighted by Gasteiger charge is 2.06. The Kier molecular flexibility index (Phi) is 3.67. The number of rotatable bonds is 4. The minimum Gasteiger partial charge on any atom is -0.508 e. The highest BCUT2D eigenvalue weighted by atomic mass is 16.5. The molecule has 0 bridgehead atoms. The van der Waals surface area contributed by atoms with E-state index in [4.69, 9.17) is 5.21 Å². The number of aromatic nitrogens is 2. The van der Waals surface area contributed by atoms with Gasteiger partial charge < -0.3 is 10.4 Å². The molecule has 22 heavy (non-hydrogen) atoms. The summed E-state index contributed by atoms with van der Waals surface area (Å²) in [6.45, 7) is 1.91. The molecule has 0 unspecified atom stereocenters. The standard InChI is InChI=1S/C16H16N4O2/c1-10-8-13(21)6-7-14(10)17-16-9-15(18-19-16)11-2-4-12(20-22)5-3-11/h2-9,20-22H,1H3,(H2,17,18,19). The van der Waals surface area contributed by atoms with Crippen molar-refractivity contribution in [2.45, 2.75) is 6.92 Å². The van der Waals surface area contributed by atoms with E-state index in [0.29, 0.717) is 11.5 Å². The minimum absolute atomic E-state index is 0.239. The third kappa shape index (κ3) is 2.87. The van der Waals surface area contributed by atoms with Gasteiger partial charge in [0, 0.05) is 11.8 Å². The van der Waals surface area contributed by atoms with E-state index in [1.54, 1.807) is 30.3 Å². The van der Waals surface area contributed by atoms with Crippen molar-refractivity contribution in [3.63, 3.8) is 0 Å². The summed E-state index contributed by atoms with van der Waals surface area (Å²) in [5.74, 6) is 0.927. The van der Waals surface area contributed by atoms with Crippen molar-refractivity contribution in [3.05, 3.63) is 54.1 Å². The number of anilines is 3. The SMILES string of the molecule is Cc1cc(O)ccc1Nc1cc(-c2ccc(NO)cc2)[nH]n1. The lowest BCUT2D eigenvalue weighted by Gasteiger charge is -2.06. The monoisotopic (exact) mass is 296 g/mol. The molecule has 0 fully saturated rings. The summed E-state index contributed by atoms with van der Waals surface area (Å²) in [6, 6.07) is 14.3. The highest BCUT2D eigenvalue weighted by molar-refractivity contribution is 5.68. The second kappa shape index (κ2) is 5.79. The molecule has 3 rings (SSSR count). The van der Waals surface area contributed by atoms with Crippen LogP contribution < -0.4 is 10.8 Å². The number of hydrogen-bond donors (Lipinski definition) is 5. The molecule has 6 nitrogen and oxygen atoms in total. The number of phenolic OH excluding ortho intramolecular Hbond substituents is 1. The van der Waals surface area contributed by atoms with E-state index >= 15 is 0 Å². The number of nitrogens with one attached hydrogen (secondary N) is 3. The molecule has 6 heteroatoms. The third-order valence-corrected chi connectivity index (χ3v) is 3.38. The maximum Gasteiger partial charge on any atom is 0.152 e. The molecule has 2 aromatic carbocycles. The molecule has 3 aromatic rings. The van der Waals surface area contributed by atoms with Crippen LogP contribution in [0.2, 0.25) is 0 Å². The highest BCUT2D eigenvalue weighted by Crippen LogP contribution is 2.26. The van der Waals surface area contributed by atoms with Crippen molar-refractivity contribution in [2.75, 3.05) is 10.8 Å². The summed E-state index contributed by atoms with van der Waals surface area (Å²) >= 11 is 0. The Morgan fingerprint density at radius 2 is 1.82 bits per heavy atom. The van der Waals surface area contributed by atoms with Crippen molar-refractivity contribution in [3.8, 4) is 17.0 Å². The normalized spacial score (nSPS) is 10.5. The topological polar surface area (TPSA) is 93.2 Å². The molecule has 5 N–H and O–H groups in total. The largest absolute Gasteiger partial charge is 0.508 e. The second-order valence-corrected chi connectivity index (χ2v) is 4.98. The van der Waals surface area contributed by atoms with Gasteiger partial charge in [0.1, 0.15) is 5.75 Å². The zero-order valence-electron chi connectivity index (χ0n) is 12.0. The quantitative estimate of drug-likeness (QED) is 0.374. The van der Waals surface area contributed by atoms with Crippen LogP contribution in [0.1, 0.15) is 5.56 Å². The van der Waals surface area contributed by atoms with Crippen molar-refractivity contribution in [2.24, 2.45) is 0 Å². The maximum atomic E-state index is 9.43. The van der Waals surface area contributed by atoms with E-state index in [1.165, 1.54) is 0 Å². The average molecular weight is 296 g/mol. The number of aromatic hydroxyl groups is 1. The zero-order chi connectivity index (χ0) is 15.5. The van der Waals surface area contributed by atoms with Crippen LogP contribution in [0.5, 0.6) is 5.75 Å². The lowest BCUT2D eigenvalue weighted by atomic mass is 10.1. The Morgan fingerprint density at radius 3 is 2.50 bits per heavy atom. The average Bonchev–Trinajstić information content (AvgIpc) is 2.99. The molecule has 0 amide bonds. The number of hydrogen-bond acceptors (Lipinski definition) is 5. The van der Waals surface area contributed by atoms with Gasteiger partial charge in [-0.25, -0.2) is 0 Å². The van der Waals surface area contributed by atoms with Crippen LogP contribution in [0, 0.1) is 6.92 Å². The van der Waals surface area contributed by atoms with Gasteiger partial charge in [0.2, 0.25) is 0 Å². The van der Waals surface area contributed by atoms with E-state index in [0.717, 1.165) is 22.5 Å². The molecular formula is C16H16N4O2. The van der Waals surface area contributed by atoms with Gasteiger partial charge in [-0.05, 0) is 48.4 Å². The maximum absolute atomic E-state index is 9.43. The molecule has 0 spiro atoms. The molecule has 0 radical (unpaired) electrons. The van der Waals surface area contributed by atoms with Gasteiger partial charge in [0.15, 0.2) is 5.82 Å². The van der Waals surface area contributed by atoms with Gasteiger partial charge in [-0.3, -0.25) is 15.8 Å². The summed E-state index contributed by atoms with van der Waals surface area (Å²) in [6.07, 6.45) is 0. The fourth-order valence-corrected chi connectivity index (χ4v) is 2.18. The number of nitrogens with zero attached hydrogens (tertiary/aromatic N) is 1. The van der Waals surface area contributed by atoms with Crippen LogP contribution in [-0.4, -0.2) is 20.5 Å². The number of aryl methyl sites for hydroxylation is 1. The van der Waals surface area contributed by atoms with E-state index in [-0.39, 0.29) is 5.75 Å². The first-order valence-corrected chi connectivity index (χ1v) is 6.78. The minimum atomic E-state index is 0.239. The lowest BCUT2D eigenvalue weighted by molar-refractivity contribution is 0.389. The van der Waals surface area contributed by atoms with Gasteiger partial charge in [-0.15, -0.1) is 0 Å². The molecule has 0 aliphatic heterocycles. The van der Waals surface area contributed by atoms with E-state index < -0.39 is 0 Å². The molecule has 0 saturated carbocycles. The first-order chi connectivity index (χ1) is 10.7. The van der Waals surface area contributed by atoms with Gasteiger partial charge in [-0.1, -0.05) is 12.1 Å². The van der Waals surface area contributed by atoms with Crippen molar-refractivity contribution < 1.29 is 10.3 Å². The Morgan fingerprint density at radius 1 is 1.05 bits per heavy atom. The Hall–Kier alpha value is -2.99. The number of aromatic amines is 1. The number of benzene rings is 2. The van der Waals surface area contributed by atoms with Crippen molar-refractivity contribution >= 4 is 17.2 Å². The first kappa shape index (κ1) is 14.0. The molecule has 0 atom stereocenters. The van der Waals surface area contributed by atoms with Crippen molar-refractivity contribution in [1.82, 2.24) is 10.2 Å². The van der Waals surface area contributed by atoms with E-state index in [9.17, 15) is 5.11 Å². The molecular weight excluding hydrogens is 280 g/mol. The number of phenols is 1. The smallest absolute Gasteiger partial charge is 0.152 e. The lowest BCUT2D eigenvalue weighted by Crippen LogP contribution is -1.92. The van der Waals surface area contributed by atoms with Crippen LogP contribution in [0.3, 0.4) is 0 Å². The summed E-state index contributed by atoms with van der Waals surface area (Å²) in [5, 5.41) is 28.6. The van der Waals surface area contributed by atoms with Gasteiger partial charge in [-0.2, -0.15) is 5.10 Å². The van der Waals surface area contributed by atoms with Crippen LogP contribution in [0.4, 0.5) is 17.2 Å². The van der Waals surface area contributed by atoms with Crippen LogP contribution in [0.15, 0.2) is 48.5 Å². The number of H-pyrrole nitrogens is 1. The second-order valence-electron chi connectivity index (χ2n) is 4.98. The fourth-order valence-electron chi connectivity index (χ4n) is 2.18. The van der Waals surface area contributed by atoms with Crippen LogP contribution in [0.25, 0.3) is 11.3 Å². The Labute approximate surface area is 127 Å². The molecule has 0 aliphatic rings. The van der Waals surface area contributed by atoms with Gasteiger partial charge in [0.25, 0.3) is 0 Å². The van der Waals surface area contributed by atoms with Crippen LogP contribution in [-0.2, 0) is 0 Å². The molecule has 0 aliphatic carbocycles. The zero-order valence-corrected chi connectivity index (χ0v) is 12.0. The first-order valence-electron chi connectivity index (χ1n) is 6.78. The van der Waals surface area contributed by atoms with E-state index in [1.807, 2.05) is 25.1 Å².